The molecule has 0 spiro atoms. The molecule has 0 bridgehead atoms. The van der Waals surface area contributed by atoms with Crippen molar-refractivity contribution in [1.29, 1.82) is 0 Å². The third kappa shape index (κ3) is 1.96. The van der Waals surface area contributed by atoms with Gasteiger partial charge in [-0.1, -0.05) is 12.1 Å². The lowest BCUT2D eigenvalue weighted by atomic mass is 10.0. The van der Waals surface area contributed by atoms with Crippen LogP contribution >= 0.6 is 0 Å². The lowest BCUT2D eigenvalue weighted by molar-refractivity contribution is 0.101. The molecule has 0 heterocycles. The topological polar surface area (TPSA) is 35.5 Å². The molecule has 0 atom stereocenters. The average Bonchev–Trinajstić information content (AvgIpc) is 2.36. The molecule has 17 heavy (non-hydrogen) atoms. The van der Waals surface area contributed by atoms with E-state index in [0.717, 1.165) is 16.5 Å². The van der Waals surface area contributed by atoms with Crippen molar-refractivity contribution < 1.29 is 14.3 Å². The number of ether oxygens (including phenoxy) is 2. The van der Waals surface area contributed by atoms with Crippen LogP contribution in [0.4, 0.5) is 0 Å². The first-order valence-corrected chi connectivity index (χ1v) is 5.33. The van der Waals surface area contributed by atoms with Gasteiger partial charge in [-0.2, -0.15) is 0 Å². The summed E-state index contributed by atoms with van der Waals surface area (Å²) in [7, 11) is 3.18. The molecule has 3 nitrogen and oxygen atoms in total. The van der Waals surface area contributed by atoms with Gasteiger partial charge < -0.3 is 9.47 Å². The highest BCUT2D eigenvalue weighted by molar-refractivity contribution is 6.02. The lowest BCUT2D eigenvalue weighted by Gasteiger charge is -2.10. The van der Waals surface area contributed by atoms with E-state index in [2.05, 4.69) is 0 Å². The molecule has 2 aromatic carbocycles. The second-order valence-electron chi connectivity index (χ2n) is 3.79. The second-order valence-corrected chi connectivity index (χ2v) is 3.79. The van der Waals surface area contributed by atoms with Crippen LogP contribution in [0.15, 0.2) is 30.3 Å². The number of carbonyl (C=O) groups excluding carboxylic acids is 1. The standard InChI is InChI=1S/C14H14O3/c1-9(15)11-8-12-10(7-14(11)17-3)5-4-6-13(12)16-2/h4-8H,1-3H3. The van der Waals surface area contributed by atoms with Crippen LogP contribution < -0.4 is 9.47 Å². The van der Waals surface area contributed by atoms with Gasteiger partial charge in [-0.25, -0.2) is 0 Å². The van der Waals surface area contributed by atoms with Gasteiger partial charge in [-0.05, 0) is 30.5 Å². The minimum absolute atomic E-state index is 0.0188. The van der Waals surface area contributed by atoms with E-state index >= 15 is 0 Å². The summed E-state index contributed by atoms with van der Waals surface area (Å²) < 4.78 is 10.5. The fourth-order valence-corrected chi connectivity index (χ4v) is 1.90. The van der Waals surface area contributed by atoms with Gasteiger partial charge in [-0.3, -0.25) is 4.79 Å². The molecule has 0 N–H and O–H groups in total. The van der Waals surface area contributed by atoms with E-state index < -0.39 is 0 Å². The zero-order valence-corrected chi connectivity index (χ0v) is 10.1. The first-order chi connectivity index (χ1) is 8.17. The Hall–Kier alpha value is -2.03. The number of rotatable bonds is 3. The molecule has 88 valence electrons. The Morgan fingerprint density at radius 3 is 2.35 bits per heavy atom. The quantitative estimate of drug-likeness (QED) is 0.760. The van der Waals surface area contributed by atoms with E-state index in [1.54, 1.807) is 14.2 Å². The van der Waals surface area contributed by atoms with Gasteiger partial charge >= 0.3 is 0 Å². The first-order valence-electron chi connectivity index (χ1n) is 5.33. The Morgan fingerprint density at radius 2 is 1.76 bits per heavy atom. The molecule has 0 aliphatic rings. The SMILES string of the molecule is COc1cc2cccc(OC)c2cc1C(C)=O. The summed E-state index contributed by atoms with van der Waals surface area (Å²) in [5.41, 5.74) is 0.574. The monoisotopic (exact) mass is 230 g/mol. The fraction of sp³-hybridized carbons (Fsp3) is 0.214. The molecule has 0 fully saturated rings. The second kappa shape index (κ2) is 4.45. The number of fused-ring (bicyclic) bond motifs is 1. The van der Waals surface area contributed by atoms with Crippen LogP contribution in [-0.2, 0) is 0 Å². The van der Waals surface area contributed by atoms with Crippen molar-refractivity contribution in [3.8, 4) is 11.5 Å². The van der Waals surface area contributed by atoms with E-state index in [9.17, 15) is 4.79 Å². The Labute approximate surface area is 100.0 Å². The van der Waals surface area contributed by atoms with Gasteiger partial charge in [0.1, 0.15) is 11.5 Å². The van der Waals surface area contributed by atoms with Gasteiger partial charge in [0.15, 0.2) is 5.78 Å². The molecule has 0 aromatic heterocycles. The van der Waals surface area contributed by atoms with Crippen molar-refractivity contribution in [3.63, 3.8) is 0 Å². The summed E-state index contributed by atoms with van der Waals surface area (Å²) in [6.07, 6.45) is 0. The van der Waals surface area contributed by atoms with Crippen molar-refractivity contribution >= 4 is 16.6 Å². The fourth-order valence-electron chi connectivity index (χ4n) is 1.90. The van der Waals surface area contributed by atoms with Crippen molar-refractivity contribution in [2.75, 3.05) is 14.2 Å². The Balaban J connectivity index is 2.78. The lowest BCUT2D eigenvalue weighted by Crippen LogP contribution is -1.98. The first kappa shape index (κ1) is 11.5. The largest absolute Gasteiger partial charge is 0.496 e. The number of carbonyl (C=O) groups is 1. The molecule has 0 saturated carbocycles. The van der Waals surface area contributed by atoms with Crippen LogP contribution in [0.5, 0.6) is 11.5 Å². The van der Waals surface area contributed by atoms with Crippen molar-refractivity contribution in [2.45, 2.75) is 6.92 Å². The van der Waals surface area contributed by atoms with E-state index in [1.807, 2.05) is 30.3 Å². The minimum atomic E-state index is -0.0188. The smallest absolute Gasteiger partial charge is 0.163 e. The van der Waals surface area contributed by atoms with E-state index in [-0.39, 0.29) is 5.78 Å². The number of Topliss-reactive ketones (excluding diaryl/α,β-unsaturated/α-hetero) is 1. The maximum absolute atomic E-state index is 11.5. The molecule has 0 amide bonds. The maximum atomic E-state index is 11.5. The number of hydrogen-bond acceptors (Lipinski definition) is 3. The third-order valence-corrected chi connectivity index (χ3v) is 2.76. The summed E-state index contributed by atoms with van der Waals surface area (Å²) in [6.45, 7) is 1.53. The predicted octanol–water partition coefficient (Wildman–Crippen LogP) is 3.06. The molecular weight excluding hydrogens is 216 g/mol. The zero-order valence-electron chi connectivity index (χ0n) is 10.1. The molecule has 0 aliphatic heterocycles. The van der Waals surface area contributed by atoms with Crippen LogP contribution in [0, 0.1) is 0 Å². The van der Waals surface area contributed by atoms with Gasteiger partial charge in [0, 0.05) is 5.39 Å². The Morgan fingerprint density at radius 1 is 1.06 bits per heavy atom. The summed E-state index contributed by atoms with van der Waals surface area (Å²) >= 11 is 0. The molecule has 0 unspecified atom stereocenters. The normalized spacial score (nSPS) is 10.3. The number of hydrogen-bond donors (Lipinski definition) is 0. The molecule has 0 radical (unpaired) electrons. The van der Waals surface area contributed by atoms with Crippen molar-refractivity contribution in [3.05, 3.63) is 35.9 Å². The van der Waals surface area contributed by atoms with Gasteiger partial charge in [0.2, 0.25) is 0 Å². The number of benzene rings is 2. The highest BCUT2D eigenvalue weighted by atomic mass is 16.5. The summed E-state index contributed by atoms with van der Waals surface area (Å²) in [5.74, 6) is 1.33. The molecule has 0 aliphatic carbocycles. The van der Waals surface area contributed by atoms with Gasteiger partial charge in [-0.15, -0.1) is 0 Å². The van der Waals surface area contributed by atoms with Crippen molar-refractivity contribution in [1.82, 2.24) is 0 Å². The molecular formula is C14H14O3. The van der Waals surface area contributed by atoms with Crippen LogP contribution in [0.2, 0.25) is 0 Å². The maximum Gasteiger partial charge on any atom is 0.163 e. The van der Waals surface area contributed by atoms with E-state index in [1.165, 1.54) is 6.92 Å². The minimum Gasteiger partial charge on any atom is -0.496 e. The molecule has 3 heteroatoms. The van der Waals surface area contributed by atoms with E-state index in [0.29, 0.717) is 11.3 Å². The van der Waals surface area contributed by atoms with Crippen molar-refractivity contribution in [2.24, 2.45) is 0 Å². The van der Waals surface area contributed by atoms with Gasteiger partial charge in [0.25, 0.3) is 0 Å². The van der Waals surface area contributed by atoms with E-state index in [4.69, 9.17) is 9.47 Å². The van der Waals surface area contributed by atoms with Crippen LogP contribution in [0.25, 0.3) is 10.8 Å². The third-order valence-electron chi connectivity index (χ3n) is 2.76. The molecule has 2 aromatic rings. The summed E-state index contributed by atoms with van der Waals surface area (Å²) in [4.78, 5) is 11.5. The highest BCUT2D eigenvalue weighted by Crippen LogP contribution is 2.31. The Kier molecular flexibility index (Phi) is 3.00. The summed E-state index contributed by atoms with van der Waals surface area (Å²) in [6, 6.07) is 9.42. The Bertz CT molecular complexity index is 573. The molecule has 2 rings (SSSR count). The van der Waals surface area contributed by atoms with Crippen LogP contribution in [-0.4, -0.2) is 20.0 Å². The number of methoxy groups -OCH3 is 2. The highest BCUT2D eigenvalue weighted by Gasteiger charge is 2.11. The summed E-state index contributed by atoms with van der Waals surface area (Å²) in [5, 5.41) is 1.91. The van der Waals surface area contributed by atoms with Gasteiger partial charge in [0.05, 0.1) is 19.8 Å². The molecule has 0 saturated heterocycles. The average molecular weight is 230 g/mol. The van der Waals surface area contributed by atoms with Crippen LogP contribution in [0.3, 0.4) is 0 Å². The number of ketones is 1. The van der Waals surface area contributed by atoms with Crippen LogP contribution in [0.1, 0.15) is 17.3 Å². The predicted molar refractivity (Wildman–Crippen MR) is 67.1 cm³/mol. The zero-order chi connectivity index (χ0) is 12.4.